The van der Waals surface area contributed by atoms with Crippen molar-refractivity contribution in [2.45, 2.75) is 115 Å². The number of rotatable bonds is 18. The van der Waals surface area contributed by atoms with Crippen LogP contribution in [-0.2, 0) is 14.2 Å². The quantitative estimate of drug-likeness (QED) is 0.138. The van der Waals surface area contributed by atoms with Crippen LogP contribution in [0.25, 0.3) is 0 Å². The molecule has 0 aromatic rings. The molecule has 0 spiro atoms. The van der Waals surface area contributed by atoms with Crippen molar-refractivity contribution in [3.63, 3.8) is 0 Å². The van der Waals surface area contributed by atoms with Crippen LogP contribution in [0.3, 0.4) is 0 Å². The monoisotopic (exact) mass is 514 g/mol. The molecule has 0 aliphatic rings. The molecule has 0 amide bonds. The predicted molar refractivity (Wildman–Crippen MR) is 124 cm³/mol. The predicted octanol–water partition coefficient (Wildman–Crippen LogP) is 7.69. The Kier molecular flexibility index (Phi) is 18.2. The first-order valence-electron chi connectivity index (χ1n) is 10.9. The third kappa shape index (κ3) is 17.4. The summed E-state index contributed by atoms with van der Waals surface area (Å²) in [6.07, 6.45) is 8.69. The summed E-state index contributed by atoms with van der Waals surface area (Å²) >= 11 is 7.30. The number of hydrogen-bond donors (Lipinski definition) is 0. The molecule has 0 saturated heterocycles. The standard InChI is InChI=1S/C22H44Br2O3/c1-7-25-21(13-9-11-17(3)15-19(5)23)27-22(26-8-2)14-10-12-18(4)16-20(6)24/h17-22H,7-16H2,1-6H3. The SMILES string of the molecule is CCOC(CCCC(C)CC(C)Br)OC(CCCC(C)CC(C)Br)OCC. The lowest BCUT2D eigenvalue weighted by Crippen LogP contribution is -2.27. The molecule has 6 atom stereocenters. The number of hydrogen-bond acceptors (Lipinski definition) is 3. The molecule has 0 aromatic carbocycles. The van der Waals surface area contributed by atoms with Crippen molar-refractivity contribution >= 4 is 31.9 Å². The normalized spacial score (nSPS) is 18.7. The van der Waals surface area contributed by atoms with E-state index in [1.807, 2.05) is 13.8 Å². The first-order valence-corrected chi connectivity index (χ1v) is 12.8. The summed E-state index contributed by atoms with van der Waals surface area (Å²) in [6.45, 7) is 14.5. The highest BCUT2D eigenvalue weighted by molar-refractivity contribution is 9.09. The average molecular weight is 516 g/mol. The van der Waals surface area contributed by atoms with Crippen molar-refractivity contribution < 1.29 is 14.2 Å². The van der Waals surface area contributed by atoms with Gasteiger partial charge in [-0.3, -0.25) is 0 Å². The van der Waals surface area contributed by atoms with Gasteiger partial charge in [-0.1, -0.05) is 72.4 Å². The molecule has 0 aromatic heterocycles. The van der Waals surface area contributed by atoms with E-state index in [9.17, 15) is 0 Å². The number of ether oxygens (including phenoxy) is 3. The second-order valence-corrected chi connectivity index (χ2v) is 11.1. The van der Waals surface area contributed by atoms with Crippen LogP contribution < -0.4 is 0 Å². The fourth-order valence-corrected chi connectivity index (χ4v) is 4.81. The van der Waals surface area contributed by atoms with Gasteiger partial charge < -0.3 is 14.2 Å². The number of halogens is 2. The van der Waals surface area contributed by atoms with Crippen molar-refractivity contribution in [2.24, 2.45) is 11.8 Å². The first kappa shape index (κ1) is 27.8. The molecule has 164 valence electrons. The van der Waals surface area contributed by atoms with Crippen LogP contribution in [0.5, 0.6) is 0 Å². The lowest BCUT2D eigenvalue weighted by Gasteiger charge is -2.25. The van der Waals surface area contributed by atoms with E-state index < -0.39 is 0 Å². The summed E-state index contributed by atoms with van der Waals surface area (Å²) in [5.74, 6) is 1.45. The molecule has 0 heterocycles. The zero-order valence-corrected chi connectivity index (χ0v) is 21.7. The van der Waals surface area contributed by atoms with Crippen LogP contribution in [0.2, 0.25) is 0 Å². The fourth-order valence-electron chi connectivity index (χ4n) is 3.53. The van der Waals surface area contributed by atoms with E-state index in [1.54, 1.807) is 0 Å². The minimum absolute atomic E-state index is 0.153. The minimum atomic E-state index is -0.153. The topological polar surface area (TPSA) is 27.7 Å². The zero-order chi connectivity index (χ0) is 20.7. The van der Waals surface area contributed by atoms with Gasteiger partial charge in [-0.05, 0) is 64.2 Å². The lowest BCUT2D eigenvalue weighted by atomic mass is 9.99. The van der Waals surface area contributed by atoms with Crippen LogP contribution >= 0.6 is 31.9 Å². The van der Waals surface area contributed by atoms with Crippen LogP contribution in [-0.4, -0.2) is 35.4 Å². The third-order valence-corrected chi connectivity index (χ3v) is 5.48. The van der Waals surface area contributed by atoms with E-state index in [4.69, 9.17) is 14.2 Å². The van der Waals surface area contributed by atoms with Gasteiger partial charge in [-0.15, -0.1) is 0 Å². The molecule has 0 fully saturated rings. The Bertz CT molecular complexity index is 297. The van der Waals surface area contributed by atoms with Crippen molar-refractivity contribution in [1.29, 1.82) is 0 Å². The second kappa shape index (κ2) is 17.7. The Balaban J connectivity index is 4.30. The molecule has 0 aliphatic heterocycles. The second-order valence-electron chi connectivity index (χ2n) is 8.01. The maximum Gasteiger partial charge on any atom is 0.160 e. The van der Waals surface area contributed by atoms with Crippen molar-refractivity contribution in [3.8, 4) is 0 Å². The highest BCUT2D eigenvalue weighted by Crippen LogP contribution is 2.22. The Labute approximate surface area is 185 Å². The van der Waals surface area contributed by atoms with Gasteiger partial charge in [0.05, 0.1) is 0 Å². The maximum atomic E-state index is 6.19. The third-order valence-electron chi connectivity index (χ3n) is 4.74. The van der Waals surface area contributed by atoms with E-state index in [0.717, 1.165) is 37.5 Å². The van der Waals surface area contributed by atoms with Gasteiger partial charge in [0, 0.05) is 22.9 Å². The van der Waals surface area contributed by atoms with Crippen LogP contribution in [0.15, 0.2) is 0 Å². The molecular weight excluding hydrogens is 472 g/mol. The first-order chi connectivity index (χ1) is 12.8. The maximum absolute atomic E-state index is 6.19. The van der Waals surface area contributed by atoms with E-state index in [-0.39, 0.29) is 12.6 Å². The van der Waals surface area contributed by atoms with Gasteiger partial charge in [0.1, 0.15) is 0 Å². The summed E-state index contributed by atoms with van der Waals surface area (Å²) in [4.78, 5) is 1.17. The molecule has 0 radical (unpaired) electrons. The van der Waals surface area contributed by atoms with Gasteiger partial charge in [0.15, 0.2) is 12.6 Å². The van der Waals surface area contributed by atoms with Gasteiger partial charge in [-0.25, -0.2) is 0 Å². The molecule has 27 heavy (non-hydrogen) atoms. The van der Waals surface area contributed by atoms with E-state index in [0.29, 0.717) is 22.9 Å². The van der Waals surface area contributed by atoms with Crippen molar-refractivity contribution in [1.82, 2.24) is 0 Å². The van der Waals surface area contributed by atoms with E-state index in [1.165, 1.54) is 25.7 Å². The van der Waals surface area contributed by atoms with Gasteiger partial charge >= 0.3 is 0 Å². The highest BCUT2D eigenvalue weighted by atomic mass is 79.9. The van der Waals surface area contributed by atoms with Crippen LogP contribution in [0, 0.1) is 11.8 Å². The molecule has 5 heteroatoms. The average Bonchev–Trinajstić information content (AvgIpc) is 2.53. The van der Waals surface area contributed by atoms with Crippen LogP contribution in [0.4, 0.5) is 0 Å². The molecule has 0 saturated carbocycles. The van der Waals surface area contributed by atoms with Crippen molar-refractivity contribution in [2.75, 3.05) is 13.2 Å². The zero-order valence-electron chi connectivity index (χ0n) is 18.5. The summed E-state index contributed by atoms with van der Waals surface area (Å²) in [5, 5.41) is 0. The highest BCUT2D eigenvalue weighted by Gasteiger charge is 2.18. The summed E-state index contributed by atoms with van der Waals surface area (Å²) in [5.41, 5.74) is 0. The molecule has 0 aliphatic carbocycles. The smallest absolute Gasteiger partial charge is 0.160 e. The van der Waals surface area contributed by atoms with Crippen LogP contribution in [0.1, 0.15) is 92.9 Å². The van der Waals surface area contributed by atoms with Gasteiger partial charge in [0.2, 0.25) is 0 Å². The Morgan fingerprint density at radius 1 is 0.630 bits per heavy atom. The van der Waals surface area contributed by atoms with Gasteiger partial charge in [0.25, 0.3) is 0 Å². The molecule has 0 bridgehead atoms. The Hall–Kier alpha value is 0.840. The fraction of sp³-hybridized carbons (Fsp3) is 1.00. The van der Waals surface area contributed by atoms with E-state index in [2.05, 4.69) is 59.6 Å². The summed E-state index contributed by atoms with van der Waals surface area (Å²) in [6, 6.07) is 0. The molecular formula is C22H44Br2O3. The lowest BCUT2D eigenvalue weighted by molar-refractivity contribution is -0.247. The molecule has 6 unspecified atom stereocenters. The summed E-state index contributed by atoms with van der Waals surface area (Å²) in [7, 11) is 0. The molecule has 0 N–H and O–H groups in total. The Morgan fingerprint density at radius 3 is 1.30 bits per heavy atom. The van der Waals surface area contributed by atoms with Gasteiger partial charge in [-0.2, -0.15) is 0 Å². The molecule has 0 rings (SSSR count). The van der Waals surface area contributed by atoms with Crippen molar-refractivity contribution in [3.05, 3.63) is 0 Å². The van der Waals surface area contributed by atoms with E-state index >= 15 is 0 Å². The number of alkyl halides is 2. The molecule has 3 nitrogen and oxygen atoms in total. The summed E-state index contributed by atoms with van der Waals surface area (Å²) < 4.78 is 17.9. The Morgan fingerprint density at radius 2 is 1.00 bits per heavy atom. The minimum Gasteiger partial charge on any atom is -0.353 e. The largest absolute Gasteiger partial charge is 0.353 e.